The van der Waals surface area contributed by atoms with E-state index in [9.17, 15) is 19.5 Å². The quantitative estimate of drug-likeness (QED) is 0.0711. The van der Waals surface area contributed by atoms with Crippen LogP contribution in [-0.4, -0.2) is 50.3 Å². The predicted molar refractivity (Wildman–Crippen MR) is 164 cm³/mol. The first kappa shape index (κ1) is 30.0. The Labute approximate surface area is 253 Å². The summed E-state index contributed by atoms with van der Waals surface area (Å²) in [7, 11) is 0. The number of ketones is 1. The van der Waals surface area contributed by atoms with E-state index in [0.717, 1.165) is 37.0 Å². The molecule has 0 spiro atoms. The highest BCUT2D eigenvalue weighted by Crippen LogP contribution is 2.44. The zero-order chi connectivity index (χ0) is 30.7. The Hall–Kier alpha value is -4.51. The standard InChI is InChI=1S/C32H34N4O6S/c1-5-7-8-11-18-42-22-15-13-21(14-16-22)26-24(27(37)25-19(3)33-23-12-9-10-17-35(23)25)28(38)30(39)36(26)32-34-20(4)29(43-32)31(40)41-6-2/h9-10,12-17,26,37H,5-8,11,18H2,1-4H3/b27-24+. The van der Waals surface area contributed by atoms with Crippen LogP contribution in [0.3, 0.4) is 0 Å². The molecular weight excluding hydrogens is 568 g/mol. The Bertz CT molecular complexity index is 1700. The smallest absolute Gasteiger partial charge is 0.350 e. The summed E-state index contributed by atoms with van der Waals surface area (Å²) in [5.74, 6) is -1.98. The third kappa shape index (κ3) is 5.77. The first-order chi connectivity index (χ1) is 20.8. The van der Waals surface area contributed by atoms with Crippen molar-refractivity contribution in [3.63, 3.8) is 0 Å². The normalized spacial score (nSPS) is 16.3. The lowest BCUT2D eigenvalue weighted by Crippen LogP contribution is -2.29. The molecule has 0 aliphatic carbocycles. The molecule has 1 aliphatic heterocycles. The van der Waals surface area contributed by atoms with Crippen molar-refractivity contribution in [3.05, 3.63) is 81.8 Å². The van der Waals surface area contributed by atoms with Gasteiger partial charge in [0, 0.05) is 6.20 Å². The molecule has 1 unspecified atom stereocenters. The number of aliphatic hydroxyl groups is 1. The highest BCUT2D eigenvalue weighted by Gasteiger charge is 2.49. The number of carbonyl (C=O) groups is 3. The molecular formula is C32H34N4O6S. The molecule has 1 aromatic carbocycles. The van der Waals surface area contributed by atoms with Crippen LogP contribution < -0.4 is 9.64 Å². The van der Waals surface area contributed by atoms with Crippen LogP contribution in [0.15, 0.2) is 54.2 Å². The number of aromatic nitrogens is 3. The molecule has 10 nitrogen and oxygen atoms in total. The lowest BCUT2D eigenvalue weighted by molar-refractivity contribution is -0.132. The fourth-order valence-electron chi connectivity index (χ4n) is 5.21. The van der Waals surface area contributed by atoms with Crippen LogP contribution in [-0.2, 0) is 14.3 Å². The number of carbonyl (C=O) groups excluding carboxylic acids is 3. The number of Topliss-reactive ketones (excluding diaryl/α,β-unsaturated/α-hetero) is 1. The highest BCUT2D eigenvalue weighted by molar-refractivity contribution is 7.17. The molecule has 4 aromatic rings. The molecule has 1 amide bonds. The third-order valence-electron chi connectivity index (χ3n) is 7.29. The number of fused-ring (bicyclic) bond motifs is 1. The number of thiazole rings is 1. The Morgan fingerprint density at radius 3 is 2.49 bits per heavy atom. The number of ether oxygens (including phenoxy) is 2. The van der Waals surface area contributed by atoms with Crippen LogP contribution in [0.4, 0.5) is 5.13 Å². The number of anilines is 1. The number of hydrogen-bond acceptors (Lipinski definition) is 9. The van der Waals surface area contributed by atoms with E-state index < -0.39 is 23.7 Å². The second-order valence-electron chi connectivity index (χ2n) is 10.3. The van der Waals surface area contributed by atoms with Gasteiger partial charge in [-0.3, -0.25) is 18.9 Å². The molecule has 0 saturated carbocycles. The molecule has 0 bridgehead atoms. The summed E-state index contributed by atoms with van der Waals surface area (Å²) in [4.78, 5) is 50.4. The Balaban J connectivity index is 1.61. The van der Waals surface area contributed by atoms with E-state index in [1.165, 1.54) is 4.90 Å². The van der Waals surface area contributed by atoms with Crippen LogP contribution in [0.5, 0.6) is 5.75 Å². The van der Waals surface area contributed by atoms with Gasteiger partial charge in [0.1, 0.15) is 22.0 Å². The summed E-state index contributed by atoms with van der Waals surface area (Å²) in [6, 6.07) is 11.5. The van der Waals surface area contributed by atoms with Gasteiger partial charge >= 0.3 is 11.9 Å². The van der Waals surface area contributed by atoms with Gasteiger partial charge in [-0.15, -0.1) is 0 Å². The third-order valence-corrected chi connectivity index (χ3v) is 8.42. The maximum atomic E-state index is 13.7. The van der Waals surface area contributed by atoms with Crippen molar-refractivity contribution in [1.82, 2.24) is 14.4 Å². The number of benzene rings is 1. The molecule has 1 aliphatic rings. The van der Waals surface area contributed by atoms with E-state index in [4.69, 9.17) is 9.47 Å². The topological polar surface area (TPSA) is 123 Å². The molecule has 1 fully saturated rings. The second-order valence-corrected chi connectivity index (χ2v) is 11.2. The number of rotatable bonds is 11. The largest absolute Gasteiger partial charge is 0.505 e. The molecule has 5 rings (SSSR count). The van der Waals surface area contributed by atoms with Crippen molar-refractivity contribution in [2.24, 2.45) is 0 Å². The predicted octanol–water partition coefficient (Wildman–Crippen LogP) is 6.17. The highest BCUT2D eigenvalue weighted by atomic mass is 32.1. The monoisotopic (exact) mass is 602 g/mol. The zero-order valence-corrected chi connectivity index (χ0v) is 25.4. The number of imidazole rings is 1. The lowest BCUT2D eigenvalue weighted by atomic mass is 9.96. The van der Waals surface area contributed by atoms with E-state index in [1.807, 2.05) is 6.07 Å². The van der Waals surface area contributed by atoms with Gasteiger partial charge in [-0.2, -0.15) is 0 Å². The summed E-state index contributed by atoms with van der Waals surface area (Å²) in [6.07, 6.45) is 6.06. The molecule has 224 valence electrons. The molecule has 1 atom stereocenters. The van der Waals surface area contributed by atoms with E-state index >= 15 is 0 Å². The first-order valence-corrected chi connectivity index (χ1v) is 15.2. The minimum atomic E-state index is -1.02. The van der Waals surface area contributed by atoms with Crippen molar-refractivity contribution < 1.29 is 29.0 Å². The van der Waals surface area contributed by atoms with Crippen molar-refractivity contribution in [2.75, 3.05) is 18.1 Å². The molecule has 3 aromatic heterocycles. The maximum absolute atomic E-state index is 13.7. The van der Waals surface area contributed by atoms with Crippen LogP contribution >= 0.6 is 11.3 Å². The van der Waals surface area contributed by atoms with Gasteiger partial charge in [0.05, 0.1) is 36.2 Å². The number of unbranched alkanes of at least 4 members (excludes halogenated alkanes) is 3. The number of amides is 1. The summed E-state index contributed by atoms with van der Waals surface area (Å²) >= 11 is 0.967. The fourth-order valence-corrected chi connectivity index (χ4v) is 6.20. The maximum Gasteiger partial charge on any atom is 0.350 e. The van der Waals surface area contributed by atoms with Crippen LogP contribution in [0, 0.1) is 13.8 Å². The van der Waals surface area contributed by atoms with Gasteiger partial charge in [-0.05, 0) is 57.0 Å². The minimum Gasteiger partial charge on any atom is -0.505 e. The summed E-state index contributed by atoms with van der Waals surface area (Å²) < 4.78 is 12.7. The van der Waals surface area contributed by atoms with E-state index in [0.29, 0.717) is 40.6 Å². The van der Waals surface area contributed by atoms with Crippen molar-refractivity contribution >= 4 is 45.5 Å². The van der Waals surface area contributed by atoms with E-state index in [1.54, 1.807) is 67.8 Å². The molecule has 4 heterocycles. The molecule has 1 N–H and O–H groups in total. The van der Waals surface area contributed by atoms with Crippen LogP contribution in [0.2, 0.25) is 0 Å². The van der Waals surface area contributed by atoms with Crippen LogP contribution in [0.25, 0.3) is 11.4 Å². The van der Waals surface area contributed by atoms with Gasteiger partial charge < -0.3 is 14.6 Å². The summed E-state index contributed by atoms with van der Waals surface area (Å²) in [6.45, 7) is 8.00. The number of esters is 1. The zero-order valence-electron chi connectivity index (χ0n) is 24.6. The Morgan fingerprint density at radius 1 is 1.00 bits per heavy atom. The van der Waals surface area contributed by atoms with Crippen molar-refractivity contribution in [1.29, 1.82) is 0 Å². The average Bonchev–Trinajstić information content (AvgIpc) is 3.63. The number of aliphatic hydroxyl groups excluding tert-OH is 1. The van der Waals surface area contributed by atoms with E-state index in [-0.39, 0.29) is 27.9 Å². The van der Waals surface area contributed by atoms with Crippen LogP contribution in [0.1, 0.15) is 77.9 Å². The molecule has 11 heteroatoms. The number of aryl methyl sites for hydroxylation is 2. The van der Waals surface area contributed by atoms with Gasteiger partial charge in [-0.25, -0.2) is 14.8 Å². The minimum absolute atomic E-state index is 0.0995. The number of pyridine rings is 1. The van der Waals surface area contributed by atoms with Crippen molar-refractivity contribution in [2.45, 2.75) is 59.4 Å². The lowest BCUT2D eigenvalue weighted by Gasteiger charge is -2.23. The second kappa shape index (κ2) is 12.8. The van der Waals surface area contributed by atoms with Gasteiger partial charge in [0.2, 0.25) is 0 Å². The first-order valence-electron chi connectivity index (χ1n) is 14.4. The van der Waals surface area contributed by atoms with Gasteiger partial charge in [0.15, 0.2) is 10.9 Å². The van der Waals surface area contributed by atoms with Gasteiger partial charge in [-0.1, -0.05) is 55.7 Å². The SMILES string of the molecule is CCCCCCOc1ccc(C2/C(=C(\O)c3c(C)nc4ccccn34)C(=O)C(=O)N2c2nc(C)c(C(=O)OCC)s2)cc1. The molecule has 43 heavy (non-hydrogen) atoms. The van der Waals surface area contributed by atoms with Gasteiger partial charge in [0.25, 0.3) is 5.78 Å². The number of nitrogens with zero attached hydrogens (tertiary/aromatic N) is 4. The Morgan fingerprint density at radius 2 is 1.77 bits per heavy atom. The Kier molecular flexibility index (Phi) is 8.91. The van der Waals surface area contributed by atoms with Crippen molar-refractivity contribution in [3.8, 4) is 5.75 Å². The fraction of sp³-hybridized carbons (Fsp3) is 0.344. The summed E-state index contributed by atoms with van der Waals surface area (Å²) in [5, 5.41) is 11.9. The molecule has 1 saturated heterocycles. The summed E-state index contributed by atoms with van der Waals surface area (Å²) in [5.41, 5.74) is 2.24. The number of hydrogen-bond donors (Lipinski definition) is 1. The average molecular weight is 603 g/mol. The van der Waals surface area contributed by atoms with E-state index in [2.05, 4.69) is 16.9 Å². The molecule has 0 radical (unpaired) electrons.